The second-order valence-electron chi connectivity index (χ2n) is 10.6. The van der Waals surface area contributed by atoms with Gasteiger partial charge < -0.3 is 4.74 Å². The molecule has 5 rings (SSSR count). The van der Waals surface area contributed by atoms with Crippen LogP contribution < -0.4 is 4.74 Å². The third-order valence-electron chi connectivity index (χ3n) is 7.38. The topological polar surface area (TPSA) is 9.23 Å². The van der Waals surface area contributed by atoms with Gasteiger partial charge in [-0.2, -0.15) is 8.78 Å². The highest BCUT2D eigenvalue weighted by Crippen LogP contribution is 2.37. The molecule has 0 fully saturated rings. The van der Waals surface area contributed by atoms with E-state index in [1.54, 1.807) is 30.3 Å². The quantitative estimate of drug-likeness (QED) is 0.111. The number of alkyl halides is 2. The first-order chi connectivity index (χ1) is 21.5. The molecular formula is C36H26F8O. The van der Waals surface area contributed by atoms with Crippen molar-refractivity contribution < 1.29 is 39.9 Å². The summed E-state index contributed by atoms with van der Waals surface area (Å²) in [5.41, 5.74) is 0.166. The van der Waals surface area contributed by atoms with E-state index in [1.165, 1.54) is 6.07 Å². The molecule has 0 aromatic heterocycles. The Morgan fingerprint density at radius 1 is 0.533 bits per heavy atom. The molecule has 0 amide bonds. The Kier molecular flexibility index (Phi) is 9.27. The predicted molar refractivity (Wildman–Crippen MR) is 157 cm³/mol. The number of ether oxygens (including phenoxy) is 1. The van der Waals surface area contributed by atoms with Crippen molar-refractivity contribution in [2.24, 2.45) is 0 Å². The molecule has 0 unspecified atom stereocenters. The Hall–Kier alpha value is -4.66. The zero-order chi connectivity index (χ0) is 32.3. The summed E-state index contributed by atoms with van der Waals surface area (Å²) in [6.45, 7) is 2.10. The molecule has 5 aromatic rings. The highest BCUT2D eigenvalue weighted by atomic mass is 19.3. The average Bonchev–Trinajstić information content (AvgIpc) is 2.99. The van der Waals surface area contributed by atoms with Crippen LogP contribution in [0.15, 0.2) is 91.0 Å². The van der Waals surface area contributed by atoms with Gasteiger partial charge >= 0.3 is 6.11 Å². The van der Waals surface area contributed by atoms with Crippen molar-refractivity contribution in [3.8, 4) is 39.1 Å². The van der Waals surface area contributed by atoms with Crippen LogP contribution in [0.25, 0.3) is 33.4 Å². The molecule has 0 aliphatic rings. The smallest absolute Gasteiger partial charge is 0.429 e. The second-order valence-corrected chi connectivity index (χ2v) is 10.6. The SMILES string of the molecule is CCCCCc1ccc(-c2ccc(-c3cc(F)c(-c4ccc(C(F)(F)Oc5ccc(F)c(F)c5)c(F)c4)c(F)c3)cc2)c(F)c1. The van der Waals surface area contributed by atoms with Gasteiger partial charge in [-0.15, -0.1) is 0 Å². The Bertz CT molecular complexity index is 1810. The van der Waals surface area contributed by atoms with Crippen molar-refractivity contribution in [1.29, 1.82) is 0 Å². The van der Waals surface area contributed by atoms with E-state index in [-0.39, 0.29) is 16.9 Å². The summed E-state index contributed by atoms with van der Waals surface area (Å²) in [4.78, 5) is 0. The minimum Gasteiger partial charge on any atom is -0.429 e. The van der Waals surface area contributed by atoms with Gasteiger partial charge in [0.15, 0.2) is 11.6 Å². The summed E-state index contributed by atoms with van der Waals surface area (Å²) in [5.74, 6) is -7.55. The third kappa shape index (κ3) is 7.03. The van der Waals surface area contributed by atoms with Crippen molar-refractivity contribution in [2.45, 2.75) is 38.7 Å². The van der Waals surface area contributed by atoms with Crippen LogP contribution in [0.2, 0.25) is 0 Å². The van der Waals surface area contributed by atoms with Gasteiger partial charge in [-0.1, -0.05) is 62.2 Å². The fourth-order valence-corrected chi connectivity index (χ4v) is 5.04. The van der Waals surface area contributed by atoms with Crippen LogP contribution in [-0.4, -0.2) is 0 Å². The fraction of sp³-hybridized carbons (Fsp3) is 0.167. The van der Waals surface area contributed by atoms with Crippen molar-refractivity contribution >= 4 is 0 Å². The summed E-state index contributed by atoms with van der Waals surface area (Å²) in [7, 11) is 0. The fourth-order valence-electron chi connectivity index (χ4n) is 5.04. The normalized spacial score (nSPS) is 11.6. The highest BCUT2D eigenvalue weighted by molar-refractivity contribution is 5.74. The van der Waals surface area contributed by atoms with Crippen molar-refractivity contribution in [3.05, 3.63) is 137 Å². The van der Waals surface area contributed by atoms with Crippen LogP contribution in [0, 0.1) is 34.9 Å². The summed E-state index contributed by atoms with van der Waals surface area (Å²) < 4.78 is 120. The van der Waals surface area contributed by atoms with E-state index in [2.05, 4.69) is 11.7 Å². The lowest BCUT2D eigenvalue weighted by molar-refractivity contribution is -0.187. The Morgan fingerprint density at radius 3 is 1.80 bits per heavy atom. The van der Waals surface area contributed by atoms with Gasteiger partial charge in [0, 0.05) is 11.6 Å². The van der Waals surface area contributed by atoms with Gasteiger partial charge in [-0.3, -0.25) is 0 Å². The van der Waals surface area contributed by atoms with Gasteiger partial charge in [0.2, 0.25) is 0 Å². The Morgan fingerprint density at radius 2 is 1.18 bits per heavy atom. The minimum atomic E-state index is -4.32. The first-order valence-electron chi connectivity index (χ1n) is 14.2. The summed E-state index contributed by atoms with van der Waals surface area (Å²) >= 11 is 0. The number of unbranched alkanes of at least 4 members (excludes halogenated alkanes) is 2. The van der Waals surface area contributed by atoms with Crippen LogP contribution in [0.5, 0.6) is 5.75 Å². The van der Waals surface area contributed by atoms with Crippen LogP contribution in [0.1, 0.15) is 37.3 Å². The Labute approximate surface area is 254 Å². The summed E-state index contributed by atoms with van der Waals surface area (Å²) in [5, 5.41) is 0. The molecule has 0 heterocycles. The minimum absolute atomic E-state index is 0.149. The molecule has 0 saturated heterocycles. The van der Waals surface area contributed by atoms with E-state index in [0.717, 1.165) is 55.5 Å². The number of benzene rings is 5. The first kappa shape index (κ1) is 31.8. The zero-order valence-electron chi connectivity index (χ0n) is 23.9. The van der Waals surface area contributed by atoms with E-state index < -0.39 is 52.1 Å². The van der Waals surface area contributed by atoms with Crippen molar-refractivity contribution in [1.82, 2.24) is 0 Å². The molecule has 0 aliphatic heterocycles. The summed E-state index contributed by atoms with van der Waals surface area (Å²) in [6, 6.07) is 17.2. The molecule has 0 saturated carbocycles. The zero-order valence-corrected chi connectivity index (χ0v) is 23.9. The molecule has 0 aliphatic carbocycles. The van der Waals surface area contributed by atoms with E-state index in [1.807, 2.05) is 6.07 Å². The molecular weight excluding hydrogens is 600 g/mol. The Balaban J connectivity index is 1.36. The van der Waals surface area contributed by atoms with Crippen LogP contribution in [0.3, 0.4) is 0 Å². The molecule has 1 nitrogen and oxygen atoms in total. The van der Waals surface area contributed by atoms with E-state index >= 15 is 8.78 Å². The molecule has 0 N–H and O–H groups in total. The number of aryl methyl sites for hydroxylation is 1. The molecule has 9 heteroatoms. The number of hydrogen-bond acceptors (Lipinski definition) is 1. The molecule has 0 spiro atoms. The number of halogens is 8. The molecule has 0 bridgehead atoms. The van der Waals surface area contributed by atoms with Crippen molar-refractivity contribution in [2.75, 3.05) is 0 Å². The van der Waals surface area contributed by atoms with E-state index in [4.69, 9.17) is 0 Å². The van der Waals surface area contributed by atoms with E-state index in [0.29, 0.717) is 41.0 Å². The van der Waals surface area contributed by atoms with Gasteiger partial charge in [-0.25, -0.2) is 26.3 Å². The largest absolute Gasteiger partial charge is 0.429 e. The number of rotatable bonds is 10. The summed E-state index contributed by atoms with van der Waals surface area (Å²) in [6.07, 6.45) is -0.426. The van der Waals surface area contributed by atoms with Gasteiger partial charge in [-0.05, 0) is 83.1 Å². The lowest BCUT2D eigenvalue weighted by Crippen LogP contribution is -2.23. The van der Waals surface area contributed by atoms with E-state index in [9.17, 15) is 26.3 Å². The first-order valence-corrected chi connectivity index (χ1v) is 14.2. The highest BCUT2D eigenvalue weighted by Gasteiger charge is 2.38. The molecule has 45 heavy (non-hydrogen) atoms. The maximum atomic E-state index is 15.2. The van der Waals surface area contributed by atoms with Crippen LogP contribution >= 0.6 is 0 Å². The van der Waals surface area contributed by atoms with Crippen LogP contribution in [0.4, 0.5) is 35.1 Å². The maximum absolute atomic E-state index is 15.2. The predicted octanol–water partition coefficient (Wildman–Crippen LogP) is 11.4. The second kappa shape index (κ2) is 13.1. The lowest BCUT2D eigenvalue weighted by Gasteiger charge is -2.19. The standard InChI is InChI=1S/C36H26F8O/c1-2-3-4-5-21-6-13-27(30(38)16-21)23-9-7-22(8-10-23)25-18-33(41)35(34(42)19-25)24-11-14-28(31(39)17-24)36(43,44)45-26-12-15-29(37)32(40)20-26/h6-20H,2-5H2,1H3. The maximum Gasteiger partial charge on any atom is 0.429 e. The molecule has 0 radical (unpaired) electrons. The van der Waals surface area contributed by atoms with Crippen molar-refractivity contribution in [3.63, 3.8) is 0 Å². The van der Waals surface area contributed by atoms with Gasteiger partial charge in [0.1, 0.15) is 29.0 Å². The molecule has 0 atom stereocenters. The monoisotopic (exact) mass is 626 g/mol. The molecule has 5 aromatic carbocycles. The molecule has 232 valence electrons. The third-order valence-corrected chi connectivity index (χ3v) is 7.38. The lowest BCUT2D eigenvalue weighted by atomic mass is 9.96. The van der Waals surface area contributed by atoms with Gasteiger partial charge in [0.25, 0.3) is 0 Å². The number of hydrogen-bond donors (Lipinski definition) is 0. The average molecular weight is 627 g/mol. The van der Waals surface area contributed by atoms with Gasteiger partial charge in [0.05, 0.1) is 11.1 Å². The van der Waals surface area contributed by atoms with Crippen LogP contribution in [-0.2, 0) is 12.5 Å².